The predicted molar refractivity (Wildman–Crippen MR) is 61.1 cm³/mol. The van der Waals surface area contributed by atoms with E-state index in [0.717, 1.165) is 0 Å². The van der Waals surface area contributed by atoms with Gasteiger partial charge in [0.25, 0.3) is 5.69 Å². The van der Waals surface area contributed by atoms with Gasteiger partial charge in [-0.2, -0.15) is 0 Å². The standard InChI is InChI=1S/C9H11BrN2O4/c10-7-4-5(12(15)16)3-6(9(7)14)8(11)1-2-13/h3-4,8,13-14H,1-2,11H2/t8-/m1/s1. The molecular formula is C9H11BrN2O4. The molecule has 1 atom stereocenters. The molecule has 0 bridgehead atoms. The van der Waals surface area contributed by atoms with Crippen LogP contribution < -0.4 is 5.73 Å². The quantitative estimate of drug-likeness (QED) is 0.574. The van der Waals surface area contributed by atoms with E-state index < -0.39 is 11.0 Å². The molecule has 0 amide bonds. The maximum absolute atomic E-state index is 10.6. The lowest BCUT2D eigenvalue weighted by atomic mass is 10.0. The van der Waals surface area contributed by atoms with E-state index in [1.807, 2.05) is 0 Å². The minimum absolute atomic E-state index is 0.133. The van der Waals surface area contributed by atoms with E-state index in [4.69, 9.17) is 10.8 Å². The van der Waals surface area contributed by atoms with Crippen LogP contribution in [-0.2, 0) is 0 Å². The molecule has 16 heavy (non-hydrogen) atoms. The maximum atomic E-state index is 10.6. The Kier molecular flexibility index (Phi) is 4.22. The van der Waals surface area contributed by atoms with Gasteiger partial charge in [0.1, 0.15) is 5.75 Å². The van der Waals surface area contributed by atoms with Crippen molar-refractivity contribution in [3.05, 3.63) is 32.3 Å². The van der Waals surface area contributed by atoms with Crippen molar-refractivity contribution in [2.45, 2.75) is 12.5 Å². The summed E-state index contributed by atoms with van der Waals surface area (Å²) in [7, 11) is 0. The Hall–Kier alpha value is -1.18. The van der Waals surface area contributed by atoms with Gasteiger partial charge < -0.3 is 15.9 Å². The number of phenolic OH excluding ortho intramolecular Hbond substituents is 1. The largest absolute Gasteiger partial charge is 0.506 e. The second kappa shape index (κ2) is 5.24. The molecule has 7 heteroatoms. The summed E-state index contributed by atoms with van der Waals surface area (Å²) in [6, 6.07) is 1.77. The fourth-order valence-corrected chi connectivity index (χ4v) is 1.75. The summed E-state index contributed by atoms with van der Waals surface area (Å²) in [5, 5.41) is 29.0. The molecule has 0 aliphatic rings. The van der Waals surface area contributed by atoms with E-state index in [0.29, 0.717) is 0 Å². The van der Waals surface area contributed by atoms with Crippen molar-refractivity contribution in [2.24, 2.45) is 5.73 Å². The van der Waals surface area contributed by atoms with Crippen LogP contribution in [0.15, 0.2) is 16.6 Å². The number of hydrogen-bond donors (Lipinski definition) is 3. The summed E-state index contributed by atoms with van der Waals surface area (Å²) >= 11 is 3.01. The van der Waals surface area contributed by atoms with Crippen LogP contribution in [0.25, 0.3) is 0 Å². The highest BCUT2D eigenvalue weighted by Crippen LogP contribution is 2.35. The first kappa shape index (κ1) is 12.9. The second-order valence-electron chi connectivity index (χ2n) is 3.24. The molecule has 6 nitrogen and oxygen atoms in total. The first-order valence-electron chi connectivity index (χ1n) is 4.50. The lowest BCUT2D eigenvalue weighted by Crippen LogP contribution is -2.12. The van der Waals surface area contributed by atoms with Crippen molar-refractivity contribution in [3.63, 3.8) is 0 Å². The number of rotatable bonds is 4. The fraction of sp³-hybridized carbons (Fsp3) is 0.333. The number of hydrogen-bond acceptors (Lipinski definition) is 5. The van der Waals surface area contributed by atoms with Gasteiger partial charge >= 0.3 is 0 Å². The van der Waals surface area contributed by atoms with Crippen molar-refractivity contribution in [1.82, 2.24) is 0 Å². The van der Waals surface area contributed by atoms with E-state index in [-0.39, 0.29) is 34.5 Å². The molecule has 0 aliphatic heterocycles. The molecule has 0 aromatic heterocycles. The number of nitro benzene ring substituents is 1. The van der Waals surface area contributed by atoms with Crippen LogP contribution in [0.2, 0.25) is 0 Å². The topological polar surface area (TPSA) is 110 Å². The summed E-state index contributed by atoms with van der Waals surface area (Å²) in [5.41, 5.74) is 5.77. The SMILES string of the molecule is N[C@H](CCO)c1cc([N+](=O)[O-])cc(Br)c1O. The van der Waals surface area contributed by atoms with Crippen LogP contribution in [0.1, 0.15) is 18.0 Å². The summed E-state index contributed by atoms with van der Waals surface area (Å²) in [6.07, 6.45) is 0.223. The van der Waals surface area contributed by atoms with Crippen molar-refractivity contribution in [3.8, 4) is 5.75 Å². The number of non-ortho nitro benzene ring substituents is 1. The van der Waals surface area contributed by atoms with Gasteiger partial charge in [-0.3, -0.25) is 10.1 Å². The van der Waals surface area contributed by atoms with E-state index in [2.05, 4.69) is 15.9 Å². The molecule has 0 saturated carbocycles. The summed E-state index contributed by atoms with van der Waals surface area (Å²) in [4.78, 5) is 10.0. The van der Waals surface area contributed by atoms with Crippen molar-refractivity contribution >= 4 is 21.6 Å². The minimum atomic E-state index is -0.638. The number of aliphatic hydroxyl groups excluding tert-OH is 1. The van der Waals surface area contributed by atoms with Gasteiger partial charge in [0.05, 0.1) is 9.40 Å². The molecule has 0 heterocycles. The van der Waals surface area contributed by atoms with Gasteiger partial charge in [-0.05, 0) is 22.4 Å². The Morgan fingerprint density at radius 3 is 2.69 bits per heavy atom. The van der Waals surface area contributed by atoms with E-state index in [1.54, 1.807) is 0 Å². The lowest BCUT2D eigenvalue weighted by molar-refractivity contribution is -0.385. The Balaban J connectivity index is 3.21. The van der Waals surface area contributed by atoms with Crippen LogP contribution in [0.5, 0.6) is 5.75 Å². The molecule has 0 aliphatic carbocycles. The van der Waals surface area contributed by atoms with Crippen LogP contribution in [0.3, 0.4) is 0 Å². The highest BCUT2D eigenvalue weighted by atomic mass is 79.9. The van der Waals surface area contributed by atoms with Crippen molar-refractivity contribution < 1.29 is 15.1 Å². The van der Waals surface area contributed by atoms with Gasteiger partial charge in [0, 0.05) is 30.3 Å². The normalized spacial score (nSPS) is 12.4. The number of aromatic hydroxyl groups is 1. The smallest absolute Gasteiger partial charge is 0.271 e. The van der Waals surface area contributed by atoms with E-state index in [1.165, 1.54) is 12.1 Å². The first-order chi connectivity index (χ1) is 7.47. The maximum Gasteiger partial charge on any atom is 0.271 e. The average molecular weight is 291 g/mol. The number of nitrogens with two attached hydrogens (primary N) is 1. The van der Waals surface area contributed by atoms with E-state index in [9.17, 15) is 15.2 Å². The Labute approximate surface area is 100.0 Å². The zero-order chi connectivity index (χ0) is 12.3. The summed E-state index contributed by atoms with van der Waals surface area (Å²) < 4.78 is 0.213. The Morgan fingerprint density at radius 2 is 2.19 bits per heavy atom. The number of halogens is 1. The van der Waals surface area contributed by atoms with Gasteiger partial charge in [0.15, 0.2) is 0 Å². The van der Waals surface area contributed by atoms with Gasteiger partial charge in [-0.25, -0.2) is 0 Å². The first-order valence-corrected chi connectivity index (χ1v) is 5.30. The number of phenols is 1. The molecule has 4 N–H and O–H groups in total. The summed E-state index contributed by atoms with van der Waals surface area (Å²) in [5.74, 6) is -0.133. The molecule has 0 saturated heterocycles. The van der Waals surface area contributed by atoms with Crippen LogP contribution >= 0.6 is 15.9 Å². The predicted octanol–water partition coefficient (Wildman–Crippen LogP) is 1.45. The molecule has 1 aromatic carbocycles. The zero-order valence-corrected chi connectivity index (χ0v) is 9.85. The van der Waals surface area contributed by atoms with Gasteiger partial charge in [-0.1, -0.05) is 0 Å². The molecule has 0 radical (unpaired) electrons. The third kappa shape index (κ3) is 2.69. The number of benzene rings is 1. The monoisotopic (exact) mass is 290 g/mol. The van der Waals surface area contributed by atoms with Crippen LogP contribution in [-0.4, -0.2) is 21.7 Å². The Bertz CT molecular complexity index is 411. The average Bonchev–Trinajstić information content (AvgIpc) is 2.21. The second-order valence-corrected chi connectivity index (χ2v) is 4.10. The third-order valence-corrected chi connectivity index (χ3v) is 2.73. The van der Waals surface area contributed by atoms with Crippen molar-refractivity contribution in [1.29, 1.82) is 0 Å². The molecule has 0 fully saturated rings. The van der Waals surface area contributed by atoms with E-state index >= 15 is 0 Å². The van der Waals surface area contributed by atoms with Gasteiger partial charge in [0.2, 0.25) is 0 Å². The van der Waals surface area contributed by atoms with Crippen LogP contribution in [0.4, 0.5) is 5.69 Å². The lowest BCUT2D eigenvalue weighted by Gasteiger charge is -2.13. The molecule has 88 valence electrons. The molecule has 1 aromatic rings. The minimum Gasteiger partial charge on any atom is -0.506 e. The molecule has 0 spiro atoms. The highest BCUT2D eigenvalue weighted by Gasteiger charge is 2.18. The fourth-order valence-electron chi connectivity index (χ4n) is 1.29. The number of aliphatic hydroxyl groups is 1. The summed E-state index contributed by atoms with van der Waals surface area (Å²) in [6.45, 7) is -0.152. The molecule has 0 unspecified atom stereocenters. The third-order valence-electron chi connectivity index (χ3n) is 2.13. The Morgan fingerprint density at radius 1 is 1.56 bits per heavy atom. The highest BCUT2D eigenvalue weighted by molar-refractivity contribution is 9.10. The molecular weight excluding hydrogens is 280 g/mol. The zero-order valence-electron chi connectivity index (χ0n) is 8.26. The van der Waals surface area contributed by atoms with Crippen molar-refractivity contribution in [2.75, 3.05) is 6.61 Å². The van der Waals surface area contributed by atoms with Crippen LogP contribution in [0, 0.1) is 10.1 Å². The number of nitro groups is 1. The number of nitrogens with zero attached hydrogens (tertiary/aromatic N) is 1. The molecule has 1 rings (SSSR count). The van der Waals surface area contributed by atoms with Gasteiger partial charge in [-0.15, -0.1) is 0 Å².